The van der Waals surface area contributed by atoms with Crippen LogP contribution in [0.5, 0.6) is 11.6 Å². The van der Waals surface area contributed by atoms with Gasteiger partial charge < -0.3 is 15.0 Å². The summed E-state index contributed by atoms with van der Waals surface area (Å²) in [6, 6.07) is 4.44. The average molecular weight is 364 g/mol. The van der Waals surface area contributed by atoms with Crippen molar-refractivity contribution in [2.24, 2.45) is 0 Å². The van der Waals surface area contributed by atoms with E-state index in [4.69, 9.17) is 4.74 Å². The Morgan fingerprint density at radius 1 is 1.35 bits per heavy atom. The lowest BCUT2D eigenvalue weighted by molar-refractivity contribution is -0.137. The molecule has 0 spiro atoms. The van der Waals surface area contributed by atoms with E-state index in [2.05, 4.69) is 20.3 Å². The van der Waals surface area contributed by atoms with Crippen molar-refractivity contribution in [3.8, 4) is 11.6 Å². The molecule has 6 nitrogen and oxygen atoms in total. The Hall–Kier alpha value is -3.10. The summed E-state index contributed by atoms with van der Waals surface area (Å²) >= 11 is 0. The summed E-state index contributed by atoms with van der Waals surface area (Å²) in [5, 5.41) is 2.73. The molecule has 0 atom stereocenters. The van der Waals surface area contributed by atoms with Crippen LogP contribution in [0, 0.1) is 0 Å². The van der Waals surface area contributed by atoms with Gasteiger partial charge in [-0.15, -0.1) is 0 Å². The number of benzene rings is 1. The maximum absolute atomic E-state index is 12.8. The first-order valence-corrected chi connectivity index (χ1v) is 7.86. The van der Waals surface area contributed by atoms with Crippen molar-refractivity contribution in [2.45, 2.75) is 19.5 Å². The minimum Gasteiger partial charge on any atom is -0.437 e. The zero-order chi connectivity index (χ0) is 18.7. The lowest BCUT2D eigenvalue weighted by atomic mass is 10.2. The summed E-state index contributed by atoms with van der Waals surface area (Å²) in [5.74, 6) is -0.356. The highest BCUT2D eigenvalue weighted by Gasteiger charge is 2.30. The predicted octanol–water partition coefficient (Wildman–Crippen LogP) is 3.91. The van der Waals surface area contributed by atoms with Gasteiger partial charge in [-0.1, -0.05) is 13.0 Å². The molecule has 1 amide bonds. The van der Waals surface area contributed by atoms with Gasteiger partial charge in [0, 0.05) is 12.7 Å². The zero-order valence-corrected chi connectivity index (χ0v) is 13.7. The van der Waals surface area contributed by atoms with Crippen molar-refractivity contribution < 1.29 is 22.7 Å². The molecule has 9 heteroatoms. The van der Waals surface area contributed by atoms with Gasteiger partial charge in [-0.25, -0.2) is 9.97 Å². The Labute approximate surface area is 146 Å². The highest BCUT2D eigenvalue weighted by Crippen LogP contribution is 2.32. The van der Waals surface area contributed by atoms with E-state index in [9.17, 15) is 18.0 Å². The van der Waals surface area contributed by atoms with E-state index >= 15 is 0 Å². The van der Waals surface area contributed by atoms with Crippen molar-refractivity contribution in [3.63, 3.8) is 0 Å². The van der Waals surface area contributed by atoms with E-state index in [0.717, 1.165) is 18.6 Å². The molecule has 0 fully saturated rings. The molecule has 0 saturated heterocycles. The van der Waals surface area contributed by atoms with Crippen molar-refractivity contribution >= 4 is 17.1 Å². The minimum absolute atomic E-state index is 0.0130. The zero-order valence-electron chi connectivity index (χ0n) is 13.7. The number of nitrogens with one attached hydrogen (secondary N) is 2. The van der Waals surface area contributed by atoms with Crippen LogP contribution in [0.2, 0.25) is 0 Å². The van der Waals surface area contributed by atoms with Gasteiger partial charge in [0.2, 0.25) is 5.88 Å². The van der Waals surface area contributed by atoms with Gasteiger partial charge in [0.15, 0.2) is 5.65 Å². The number of hydrogen-bond acceptors (Lipinski definition) is 4. The van der Waals surface area contributed by atoms with Crippen molar-refractivity contribution in [3.05, 3.63) is 47.8 Å². The molecule has 0 unspecified atom stereocenters. The van der Waals surface area contributed by atoms with Gasteiger partial charge in [-0.3, -0.25) is 4.79 Å². The standard InChI is InChI=1S/C17H15F3N4O2/c1-2-6-21-16(25)12-8-22-15-14(12)24-13(9-23-15)26-11-5-3-4-10(7-11)17(18,19)20/h3-5,7-9H,2,6H2,1H3,(H,21,25)(H,22,23). The van der Waals surface area contributed by atoms with Crippen LogP contribution in [0.25, 0.3) is 11.2 Å². The van der Waals surface area contributed by atoms with Gasteiger partial charge in [0.25, 0.3) is 5.91 Å². The summed E-state index contributed by atoms with van der Waals surface area (Å²) in [5.41, 5.74) is 0.117. The Morgan fingerprint density at radius 3 is 2.88 bits per heavy atom. The smallest absolute Gasteiger partial charge is 0.416 e. The number of amides is 1. The molecule has 136 valence electrons. The number of alkyl halides is 3. The Bertz CT molecular complexity index is 937. The normalized spacial score (nSPS) is 11.5. The second-order valence-corrected chi connectivity index (χ2v) is 5.49. The molecule has 1 aromatic carbocycles. The second-order valence-electron chi connectivity index (χ2n) is 5.49. The third kappa shape index (κ3) is 3.76. The second kappa shape index (κ2) is 7.03. The number of carbonyl (C=O) groups excluding carboxylic acids is 1. The number of carbonyl (C=O) groups is 1. The van der Waals surface area contributed by atoms with E-state index in [1.54, 1.807) is 0 Å². The first kappa shape index (κ1) is 17.7. The fourth-order valence-electron chi connectivity index (χ4n) is 2.29. The third-order valence-corrected chi connectivity index (χ3v) is 3.52. The number of ether oxygens (including phenoxy) is 1. The summed E-state index contributed by atoms with van der Waals surface area (Å²) in [4.78, 5) is 23.2. The van der Waals surface area contributed by atoms with Gasteiger partial charge in [0.05, 0.1) is 17.3 Å². The predicted molar refractivity (Wildman–Crippen MR) is 88.0 cm³/mol. The van der Waals surface area contributed by atoms with Gasteiger partial charge >= 0.3 is 6.18 Å². The Kier molecular flexibility index (Phi) is 4.79. The summed E-state index contributed by atoms with van der Waals surface area (Å²) in [6.07, 6.45) is -0.944. The molecule has 26 heavy (non-hydrogen) atoms. The van der Waals surface area contributed by atoms with Crippen molar-refractivity contribution in [1.29, 1.82) is 0 Å². The average Bonchev–Trinajstić information content (AvgIpc) is 3.02. The number of nitrogens with zero attached hydrogens (tertiary/aromatic N) is 2. The lowest BCUT2D eigenvalue weighted by Crippen LogP contribution is -2.23. The van der Waals surface area contributed by atoms with Crippen LogP contribution in [0.4, 0.5) is 13.2 Å². The number of aromatic amines is 1. The number of fused-ring (bicyclic) bond motifs is 1. The van der Waals surface area contributed by atoms with Crippen LogP contribution in [0.1, 0.15) is 29.3 Å². The maximum Gasteiger partial charge on any atom is 0.416 e. The quantitative estimate of drug-likeness (QED) is 0.719. The fraction of sp³-hybridized carbons (Fsp3) is 0.235. The molecular weight excluding hydrogens is 349 g/mol. The van der Waals surface area contributed by atoms with Crippen LogP contribution >= 0.6 is 0 Å². The first-order chi connectivity index (χ1) is 12.4. The highest BCUT2D eigenvalue weighted by atomic mass is 19.4. The van der Waals surface area contributed by atoms with Crippen LogP contribution in [0.3, 0.4) is 0 Å². The molecule has 0 aliphatic heterocycles. The summed E-state index contributed by atoms with van der Waals surface area (Å²) in [6.45, 7) is 2.44. The number of halogens is 3. The summed E-state index contributed by atoms with van der Waals surface area (Å²) < 4.78 is 43.7. The number of hydrogen-bond donors (Lipinski definition) is 2. The van der Waals surface area contributed by atoms with Crippen molar-refractivity contribution in [1.82, 2.24) is 20.3 Å². The minimum atomic E-state index is -4.47. The van der Waals surface area contributed by atoms with E-state index in [1.807, 2.05) is 6.92 Å². The van der Waals surface area contributed by atoms with Gasteiger partial charge in [-0.2, -0.15) is 13.2 Å². The van der Waals surface area contributed by atoms with E-state index in [1.165, 1.54) is 24.5 Å². The van der Waals surface area contributed by atoms with Crippen LogP contribution < -0.4 is 10.1 Å². The molecule has 0 bridgehead atoms. The van der Waals surface area contributed by atoms with Gasteiger partial charge in [-0.05, 0) is 24.6 Å². The number of H-pyrrole nitrogens is 1. The SMILES string of the molecule is CCCNC(=O)c1c[nH]c2ncc(Oc3cccc(C(F)(F)F)c3)nc12. The molecule has 0 aliphatic carbocycles. The molecule has 2 N–H and O–H groups in total. The van der Waals surface area contributed by atoms with Crippen LogP contribution in [0.15, 0.2) is 36.7 Å². The molecule has 3 aromatic rings. The molecule has 0 saturated carbocycles. The molecule has 0 aliphatic rings. The largest absolute Gasteiger partial charge is 0.437 e. The van der Waals surface area contributed by atoms with Gasteiger partial charge in [0.1, 0.15) is 11.3 Å². The van der Waals surface area contributed by atoms with Crippen LogP contribution in [-0.2, 0) is 6.18 Å². The monoisotopic (exact) mass is 364 g/mol. The third-order valence-electron chi connectivity index (χ3n) is 3.52. The Morgan fingerprint density at radius 2 is 2.15 bits per heavy atom. The molecule has 3 rings (SSSR count). The molecule has 0 radical (unpaired) electrons. The van der Waals surface area contributed by atoms with Crippen molar-refractivity contribution in [2.75, 3.05) is 6.54 Å². The maximum atomic E-state index is 12.8. The molecular formula is C17H15F3N4O2. The molecule has 2 heterocycles. The van der Waals surface area contributed by atoms with E-state index in [0.29, 0.717) is 12.2 Å². The van der Waals surface area contributed by atoms with E-state index in [-0.39, 0.29) is 28.6 Å². The topological polar surface area (TPSA) is 79.9 Å². The summed E-state index contributed by atoms with van der Waals surface area (Å²) in [7, 11) is 0. The highest BCUT2D eigenvalue weighted by molar-refractivity contribution is 6.04. The number of rotatable bonds is 5. The van der Waals surface area contributed by atoms with E-state index < -0.39 is 11.7 Å². The lowest BCUT2D eigenvalue weighted by Gasteiger charge is -2.09. The Balaban J connectivity index is 1.88. The number of aromatic nitrogens is 3. The first-order valence-electron chi connectivity index (χ1n) is 7.86. The van der Waals surface area contributed by atoms with Crippen LogP contribution in [-0.4, -0.2) is 27.4 Å². The molecule has 2 aromatic heterocycles. The fourth-order valence-corrected chi connectivity index (χ4v) is 2.29.